The van der Waals surface area contributed by atoms with Gasteiger partial charge in [0.25, 0.3) is 5.91 Å². The number of aromatic carboxylic acids is 1. The van der Waals surface area contributed by atoms with E-state index in [1.807, 2.05) is 28.9 Å². The number of piperazine rings is 1. The van der Waals surface area contributed by atoms with E-state index in [2.05, 4.69) is 9.88 Å². The summed E-state index contributed by atoms with van der Waals surface area (Å²) >= 11 is 6.01. The molecule has 1 N–H and O–H groups in total. The summed E-state index contributed by atoms with van der Waals surface area (Å²) in [7, 11) is 0. The van der Waals surface area contributed by atoms with Gasteiger partial charge in [0.05, 0.1) is 16.3 Å². The zero-order valence-electron chi connectivity index (χ0n) is 15.1. The van der Waals surface area contributed by atoms with Crippen LogP contribution in [0.25, 0.3) is 5.65 Å². The minimum Gasteiger partial charge on any atom is -0.478 e. The molecule has 1 aromatic carbocycles. The van der Waals surface area contributed by atoms with E-state index in [9.17, 15) is 9.59 Å². The molecular weight excluding hydrogens is 380 g/mol. The molecule has 1 aliphatic rings. The van der Waals surface area contributed by atoms with Crippen LogP contribution in [-0.4, -0.2) is 62.3 Å². The third-order valence-corrected chi connectivity index (χ3v) is 5.09. The number of carbonyl (C=O) groups excluding carboxylic acids is 1. The number of rotatable bonds is 4. The quantitative estimate of drug-likeness (QED) is 0.731. The maximum Gasteiger partial charge on any atom is 0.335 e. The number of carboxylic acid groups (broad SMARTS) is 1. The van der Waals surface area contributed by atoms with Crippen LogP contribution in [0.15, 0.2) is 48.8 Å². The fourth-order valence-electron chi connectivity index (χ4n) is 3.40. The molecule has 0 saturated carbocycles. The third kappa shape index (κ3) is 3.85. The van der Waals surface area contributed by atoms with Crippen LogP contribution in [0.2, 0.25) is 5.02 Å². The lowest BCUT2D eigenvalue weighted by molar-refractivity contribution is 0.0627. The minimum absolute atomic E-state index is 0.122. The molecule has 0 spiro atoms. The van der Waals surface area contributed by atoms with Crippen LogP contribution in [0.1, 0.15) is 26.4 Å². The number of aromatic nitrogens is 2. The lowest BCUT2D eigenvalue weighted by Crippen LogP contribution is -2.48. The number of fused-ring (bicyclic) bond motifs is 1. The number of halogens is 1. The second kappa shape index (κ2) is 7.61. The van der Waals surface area contributed by atoms with Crippen molar-refractivity contribution < 1.29 is 14.7 Å². The Morgan fingerprint density at radius 1 is 1.04 bits per heavy atom. The molecule has 1 saturated heterocycles. The van der Waals surface area contributed by atoms with Gasteiger partial charge in [-0.25, -0.2) is 9.78 Å². The Kier molecular flexibility index (Phi) is 5.02. The Morgan fingerprint density at radius 3 is 2.54 bits per heavy atom. The maximum absolute atomic E-state index is 12.7. The number of imidazole rings is 1. The highest BCUT2D eigenvalue weighted by atomic mass is 35.5. The first kappa shape index (κ1) is 18.5. The first-order valence-electron chi connectivity index (χ1n) is 8.98. The van der Waals surface area contributed by atoms with E-state index in [-0.39, 0.29) is 11.5 Å². The molecule has 2 aromatic heterocycles. The lowest BCUT2D eigenvalue weighted by atomic mass is 10.1. The highest BCUT2D eigenvalue weighted by Crippen LogP contribution is 2.15. The Morgan fingerprint density at radius 2 is 1.79 bits per heavy atom. The molecule has 4 rings (SSSR count). The highest BCUT2D eigenvalue weighted by molar-refractivity contribution is 6.30. The van der Waals surface area contributed by atoms with Gasteiger partial charge < -0.3 is 14.4 Å². The van der Waals surface area contributed by atoms with Crippen LogP contribution in [0.5, 0.6) is 0 Å². The smallest absolute Gasteiger partial charge is 0.335 e. The van der Waals surface area contributed by atoms with E-state index in [0.29, 0.717) is 30.2 Å². The minimum atomic E-state index is -1.03. The van der Waals surface area contributed by atoms with Gasteiger partial charge in [-0.05, 0) is 30.3 Å². The van der Waals surface area contributed by atoms with Gasteiger partial charge in [-0.2, -0.15) is 0 Å². The Balaban J connectivity index is 1.38. The predicted molar refractivity (Wildman–Crippen MR) is 105 cm³/mol. The van der Waals surface area contributed by atoms with Gasteiger partial charge >= 0.3 is 5.97 Å². The summed E-state index contributed by atoms with van der Waals surface area (Å²) in [5.74, 6) is -1.17. The van der Waals surface area contributed by atoms with Gasteiger partial charge in [-0.15, -0.1) is 0 Å². The molecule has 3 aromatic rings. The fourth-order valence-corrected chi connectivity index (χ4v) is 3.57. The zero-order chi connectivity index (χ0) is 19.7. The van der Waals surface area contributed by atoms with Gasteiger partial charge in [0.15, 0.2) is 0 Å². The average Bonchev–Trinajstić information content (AvgIpc) is 3.09. The van der Waals surface area contributed by atoms with E-state index in [4.69, 9.17) is 16.7 Å². The van der Waals surface area contributed by atoms with Crippen molar-refractivity contribution in [3.63, 3.8) is 0 Å². The number of nitrogens with zero attached hydrogens (tertiary/aromatic N) is 4. The van der Waals surface area contributed by atoms with Crippen LogP contribution in [-0.2, 0) is 6.54 Å². The van der Waals surface area contributed by atoms with Gasteiger partial charge in [-0.3, -0.25) is 9.69 Å². The maximum atomic E-state index is 12.7. The molecule has 0 unspecified atom stereocenters. The summed E-state index contributed by atoms with van der Waals surface area (Å²) < 4.78 is 1.91. The monoisotopic (exact) mass is 398 g/mol. The molecule has 28 heavy (non-hydrogen) atoms. The highest BCUT2D eigenvalue weighted by Gasteiger charge is 2.23. The summed E-state index contributed by atoms with van der Waals surface area (Å²) in [6.45, 7) is 3.36. The van der Waals surface area contributed by atoms with Gasteiger partial charge in [0.2, 0.25) is 0 Å². The fraction of sp³-hybridized carbons (Fsp3) is 0.250. The number of hydrogen-bond donors (Lipinski definition) is 1. The topological polar surface area (TPSA) is 78.2 Å². The second-order valence-electron chi connectivity index (χ2n) is 6.80. The van der Waals surface area contributed by atoms with Gasteiger partial charge in [-0.1, -0.05) is 17.7 Å². The first-order valence-corrected chi connectivity index (χ1v) is 9.35. The molecule has 0 atom stereocenters. The largest absolute Gasteiger partial charge is 0.478 e. The summed E-state index contributed by atoms with van der Waals surface area (Å²) in [6, 6.07) is 9.87. The Bertz CT molecular complexity index is 1040. The summed E-state index contributed by atoms with van der Waals surface area (Å²) in [6.07, 6.45) is 3.80. The van der Waals surface area contributed by atoms with Crippen molar-refractivity contribution in [2.75, 3.05) is 26.2 Å². The van der Waals surface area contributed by atoms with E-state index in [0.717, 1.165) is 24.4 Å². The van der Waals surface area contributed by atoms with Crippen molar-refractivity contribution in [3.8, 4) is 0 Å². The number of benzene rings is 1. The molecule has 0 radical (unpaired) electrons. The average molecular weight is 399 g/mol. The van der Waals surface area contributed by atoms with E-state index in [1.165, 1.54) is 12.1 Å². The molecule has 7 nitrogen and oxygen atoms in total. The molecule has 0 aliphatic carbocycles. The van der Waals surface area contributed by atoms with Crippen molar-refractivity contribution in [1.29, 1.82) is 0 Å². The second-order valence-corrected chi connectivity index (χ2v) is 7.24. The van der Waals surface area contributed by atoms with Crippen molar-refractivity contribution >= 4 is 29.1 Å². The zero-order valence-corrected chi connectivity index (χ0v) is 15.8. The normalized spacial score (nSPS) is 15.1. The van der Waals surface area contributed by atoms with E-state index >= 15 is 0 Å². The molecule has 8 heteroatoms. The predicted octanol–water partition coefficient (Wildman–Crippen LogP) is 2.64. The molecule has 1 fully saturated rings. The Hall–Kier alpha value is -2.90. The van der Waals surface area contributed by atoms with Crippen LogP contribution in [0.4, 0.5) is 0 Å². The van der Waals surface area contributed by atoms with Crippen LogP contribution in [0, 0.1) is 0 Å². The van der Waals surface area contributed by atoms with Crippen molar-refractivity contribution in [2.24, 2.45) is 0 Å². The SMILES string of the molecule is O=C(O)c1cccc(C(=O)N2CCN(Cc3cn4cc(Cl)ccc4n3)CC2)c1. The number of hydrogen-bond acceptors (Lipinski definition) is 4. The number of carboxylic acids is 1. The molecule has 1 amide bonds. The summed E-state index contributed by atoms with van der Waals surface area (Å²) in [5.41, 5.74) is 2.34. The molecule has 3 heterocycles. The van der Waals surface area contributed by atoms with Crippen LogP contribution >= 0.6 is 11.6 Å². The number of pyridine rings is 1. The third-order valence-electron chi connectivity index (χ3n) is 4.87. The standard InChI is InChI=1S/C20H19ClN4O3/c21-16-4-5-18-22-17(13-25(18)11-16)12-23-6-8-24(9-7-23)19(26)14-2-1-3-15(10-14)20(27)28/h1-5,10-11,13H,6-9,12H2,(H,27,28). The van der Waals surface area contributed by atoms with Crippen LogP contribution < -0.4 is 0 Å². The van der Waals surface area contributed by atoms with E-state index in [1.54, 1.807) is 17.0 Å². The van der Waals surface area contributed by atoms with Gasteiger partial charge in [0, 0.05) is 50.7 Å². The molecule has 0 bridgehead atoms. The van der Waals surface area contributed by atoms with Crippen LogP contribution in [0.3, 0.4) is 0 Å². The summed E-state index contributed by atoms with van der Waals surface area (Å²) in [4.78, 5) is 32.4. The first-order chi connectivity index (χ1) is 13.5. The van der Waals surface area contributed by atoms with Crippen molar-refractivity contribution in [2.45, 2.75) is 6.54 Å². The Labute approximate surface area is 166 Å². The molecule has 144 valence electrons. The van der Waals surface area contributed by atoms with E-state index < -0.39 is 5.97 Å². The molecule has 1 aliphatic heterocycles. The van der Waals surface area contributed by atoms with Crippen molar-refractivity contribution in [1.82, 2.24) is 19.2 Å². The number of amides is 1. The number of carbonyl (C=O) groups is 2. The molecular formula is C20H19ClN4O3. The van der Waals surface area contributed by atoms with Crippen molar-refractivity contribution in [3.05, 3.63) is 70.6 Å². The van der Waals surface area contributed by atoms with Gasteiger partial charge in [0.1, 0.15) is 5.65 Å². The summed E-state index contributed by atoms with van der Waals surface area (Å²) in [5, 5.41) is 9.76. The lowest BCUT2D eigenvalue weighted by Gasteiger charge is -2.34.